The Kier molecular flexibility index (Phi) is 4.37. The predicted octanol–water partition coefficient (Wildman–Crippen LogP) is 2.85. The molecule has 1 amide bonds. The average molecular weight is 324 g/mol. The van der Waals surface area contributed by atoms with Gasteiger partial charge in [-0.05, 0) is 44.2 Å². The van der Waals surface area contributed by atoms with Gasteiger partial charge in [0.1, 0.15) is 5.69 Å². The highest BCUT2D eigenvalue weighted by atomic mass is 16.5. The van der Waals surface area contributed by atoms with Crippen LogP contribution in [0.15, 0.2) is 48.8 Å². The summed E-state index contributed by atoms with van der Waals surface area (Å²) in [5, 5.41) is 7.13. The molecule has 1 aromatic carbocycles. The van der Waals surface area contributed by atoms with E-state index in [0.29, 0.717) is 5.75 Å². The second-order valence-electron chi connectivity index (χ2n) is 5.60. The Hall–Kier alpha value is -3.02. The second kappa shape index (κ2) is 6.62. The van der Waals surface area contributed by atoms with Crippen molar-refractivity contribution in [1.29, 1.82) is 0 Å². The van der Waals surface area contributed by atoms with Gasteiger partial charge in [0.05, 0.1) is 5.69 Å². The minimum Gasteiger partial charge on any atom is -0.480 e. The SMILES string of the molecule is Cc1nn(C)c(C)c1OCC(=O)Nc1cccc(-n2cccc2)c1. The lowest BCUT2D eigenvalue weighted by Gasteiger charge is -2.09. The van der Waals surface area contributed by atoms with Crippen molar-refractivity contribution in [3.8, 4) is 11.4 Å². The highest BCUT2D eigenvalue weighted by Gasteiger charge is 2.12. The molecule has 6 heteroatoms. The van der Waals surface area contributed by atoms with Crippen LogP contribution in [0.4, 0.5) is 5.69 Å². The van der Waals surface area contributed by atoms with Crippen LogP contribution < -0.4 is 10.1 Å². The molecule has 0 aliphatic heterocycles. The van der Waals surface area contributed by atoms with E-state index in [-0.39, 0.29) is 12.5 Å². The van der Waals surface area contributed by atoms with Gasteiger partial charge in [-0.1, -0.05) is 6.07 Å². The van der Waals surface area contributed by atoms with Crippen LogP contribution >= 0.6 is 0 Å². The lowest BCUT2D eigenvalue weighted by Crippen LogP contribution is -2.20. The Balaban J connectivity index is 1.64. The number of amides is 1. The Morgan fingerprint density at radius 1 is 1.21 bits per heavy atom. The fraction of sp³-hybridized carbons (Fsp3) is 0.222. The number of aryl methyl sites for hydroxylation is 2. The number of hydrogen-bond acceptors (Lipinski definition) is 3. The van der Waals surface area contributed by atoms with E-state index in [1.165, 1.54) is 0 Å². The third-order valence-electron chi connectivity index (χ3n) is 3.82. The zero-order valence-corrected chi connectivity index (χ0v) is 14.0. The summed E-state index contributed by atoms with van der Waals surface area (Å²) in [7, 11) is 1.85. The van der Waals surface area contributed by atoms with Crippen molar-refractivity contribution in [1.82, 2.24) is 14.3 Å². The number of ether oxygens (including phenoxy) is 1. The van der Waals surface area contributed by atoms with Crippen LogP contribution in [0, 0.1) is 13.8 Å². The third-order valence-corrected chi connectivity index (χ3v) is 3.82. The number of rotatable bonds is 5. The van der Waals surface area contributed by atoms with Crippen molar-refractivity contribution in [3.05, 3.63) is 60.2 Å². The van der Waals surface area contributed by atoms with Crippen molar-refractivity contribution in [2.75, 3.05) is 11.9 Å². The zero-order valence-electron chi connectivity index (χ0n) is 14.0. The van der Waals surface area contributed by atoms with Gasteiger partial charge in [-0.25, -0.2) is 0 Å². The number of nitrogens with zero attached hydrogens (tertiary/aromatic N) is 3. The normalized spacial score (nSPS) is 10.6. The molecule has 0 unspecified atom stereocenters. The van der Waals surface area contributed by atoms with E-state index in [9.17, 15) is 4.79 Å². The van der Waals surface area contributed by atoms with Gasteiger partial charge >= 0.3 is 0 Å². The Morgan fingerprint density at radius 2 is 1.96 bits per heavy atom. The van der Waals surface area contributed by atoms with Crippen molar-refractivity contribution >= 4 is 11.6 Å². The summed E-state index contributed by atoms with van der Waals surface area (Å²) in [4.78, 5) is 12.1. The van der Waals surface area contributed by atoms with E-state index in [1.807, 2.05) is 74.3 Å². The number of nitrogens with one attached hydrogen (secondary N) is 1. The standard InChI is InChI=1S/C18H20N4O2/c1-13-18(14(2)21(3)20-13)24-12-17(23)19-15-7-6-8-16(11-15)22-9-4-5-10-22/h4-11H,12H2,1-3H3,(H,19,23). The van der Waals surface area contributed by atoms with Crippen molar-refractivity contribution in [2.24, 2.45) is 7.05 Å². The molecule has 3 aromatic rings. The van der Waals surface area contributed by atoms with Crippen molar-refractivity contribution in [3.63, 3.8) is 0 Å². The number of carbonyl (C=O) groups excluding carboxylic acids is 1. The first-order valence-corrected chi connectivity index (χ1v) is 7.71. The maximum absolute atomic E-state index is 12.1. The third kappa shape index (κ3) is 3.32. The van der Waals surface area contributed by atoms with Crippen molar-refractivity contribution in [2.45, 2.75) is 13.8 Å². The van der Waals surface area contributed by atoms with Gasteiger partial charge < -0.3 is 14.6 Å². The number of benzene rings is 1. The quantitative estimate of drug-likeness (QED) is 0.785. The molecule has 3 rings (SSSR count). The second-order valence-corrected chi connectivity index (χ2v) is 5.60. The fourth-order valence-corrected chi connectivity index (χ4v) is 2.55. The van der Waals surface area contributed by atoms with E-state index in [2.05, 4.69) is 10.4 Å². The molecular weight excluding hydrogens is 304 g/mol. The molecule has 0 saturated heterocycles. The molecule has 0 saturated carbocycles. The molecular formula is C18H20N4O2. The van der Waals surface area contributed by atoms with Gasteiger partial charge in [0.2, 0.25) is 0 Å². The highest BCUT2D eigenvalue weighted by molar-refractivity contribution is 5.92. The van der Waals surface area contributed by atoms with E-state index < -0.39 is 0 Å². The largest absolute Gasteiger partial charge is 0.480 e. The summed E-state index contributed by atoms with van der Waals surface area (Å²) < 4.78 is 9.34. The van der Waals surface area contributed by atoms with Crippen LogP contribution in [0.25, 0.3) is 5.69 Å². The predicted molar refractivity (Wildman–Crippen MR) is 92.6 cm³/mol. The van der Waals surface area contributed by atoms with Crippen LogP contribution in [0.2, 0.25) is 0 Å². The molecule has 0 atom stereocenters. The maximum atomic E-state index is 12.1. The van der Waals surface area contributed by atoms with Gasteiger partial charge in [0.15, 0.2) is 12.4 Å². The van der Waals surface area contributed by atoms with Gasteiger partial charge in [0, 0.05) is 30.8 Å². The monoisotopic (exact) mass is 324 g/mol. The first kappa shape index (κ1) is 15.9. The molecule has 2 aromatic heterocycles. The van der Waals surface area contributed by atoms with Crippen molar-refractivity contribution < 1.29 is 9.53 Å². The van der Waals surface area contributed by atoms with Crippen LogP contribution in [-0.4, -0.2) is 26.9 Å². The number of aromatic nitrogens is 3. The molecule has 24 heavy (non-hydrogen) atoms. The smallest absolute Gasteiger partial charge is 0.262 e. The van der Waals surface area contributed by atoms with E-state index >= 15 is 0 Å². The molecule has 2 heterocycles. The molecule has 0 bridgehead atoms. The maximum Gasteiger partial charge on any atom is 0.262 e. The van der Waals surface area contributed by atoms with Crippen LogP contribution in [0.3, 0.4) is 0 Å². The van der Waals surface area contributed by atoms with Gasteiger partial charge in [0.25, 0.3) is 5.91 Å². The highest BCUT2D eigenvalue weighted by Crippen LogP contribution is 2.21. The average Bonchev–Trinajstić information content (AvgIpc) is 3.16. The summed E-state index contributed by atoms with van der Waals surface area (Å²) in [6.45, 7) is 3.72. The topological polar surface area (TPSA) is 61.1 Å². The Labute approximate surface area is 140 Å². The van der Waals surface area contributed by atoms with Gasteiger partial charge in [-0.3, -0.25) is 9.48 Å². The first-order chi connectivity index (χ1) is 11.5. The minimum absolute atomic E-state index is 0.0544. The van der Waals surface area contributed by atoms with Gasteiger partial charge in [-0.2, -0.15) is 5.10 Å². The van der Waals surface area contributed by atoms with Crippen LogP contribution in [-0.2, 0) is 11.8 Å². The zero-order chi connectivity index (χ0) is 17.1. The summed E-state index contributed by atoms with van der Waals surface area (Å²) in [5.41, 5.74) is 3.39. The Bertz CT molecular complexity index is 850. The van der Waals surface area contributed by atoms with E-state index in [0.717, 1.165) is 22.8 Å². The van der Waals surface area contributed by atoms with Crippen LogP contribution in [0.5, 0.6) is 5.75 Å². The summed E-state index contributed by atoms with van der Waals surface area (Å²) in [6, 6.07) is 11.6. The van der Waals surface area contributed by atoms with E-state index in [4.69, 9.17) is 4.74 Å². The molecule has 0 spiro atoms. The summed E-state index contributed by atoms with van der Waals surface area (Å²) in [6.07, 6.45) is 3.91. The van der Waals surface area contributed by atoms with E-state index in [1.54, 1.807) is 4.68 Å². The summed E-state index contributed by atoms with van der Waals surface area (Å²) >= 11 is 0. The molecule has 6 nitrogen and oxygen atoms in total. The molecule has 124 valence electrons. The number of anilines is 1. The van der Waals surface area contributed by atoms with Crippen LogP contribution in [0.1, 0.15) is 11.4 Å². The fourth-order valence-electron chi connectivity index (χ4n) is 2.55. The first-order valence-electron chi connectivity index (χ1n) is 7.71. The molecule has 0 aliphatic carbocycles. The Morgan fingerprint density at radius 3 is 2.62 bits per heavy atom. The number of carbonyl (C=O) groups is 1. The number of hydrogen-bond donors (Lipinski definition) is 1. The molecule has 0 fully saturated rings. The molecule has 0 aliphatic rings. The summed E-state index contributed by atoms with van der Waals surface area (Å²) in [5.74, 6) is 0.455. The van der Waals surface area contributed by atoms with Gasteiger partial charge in [-0.15, -0.1) is 0 Å². The lowest BCUT2D eigenvalue weighted by atomic mass is 10.2. The minimum atomic E-state index is -0.206. The lowest BCUT2D eigenvalue weighted by molar-refractivity contribution is -0.118. The molecule has 1 N–H and O–H groups in total. The molecule has 0 radical (unpaired) electrons.